The molecule has 3 rings (SSSR count). The summed E-state index contributed by atoms with van der Waals surface area (Å²) in [7, 11) is 1.90. The van der Waals surface area contributed by atoms with E-state index in [0.29, 0.717) is 0 Å². The average Bonchev–Trinajstić information content (AvgIpc) is 2.66. The molecule has 0 amide bonds. The molecule has 1 heterocycles. The Hall–Kier alpha value is -2.16. The summed E-state index contributed by atoms with van der Waals surface area (Å²) in [5.41, 5.74) is 9.37. The number of anilines is 2. The van der Waals surface area contributed by atoms with Crippen molar-refractivity contribution in [3.8, 4) is 0 Å². The molecule has 0 aliphatic heterocycles. The van der Waals surface area contributed by atoms with Crippen LogP contribution in [0, 0.1) is 0 Å². The van der Waals surface area contributed by atoms with Gasteiger partial charge in [-0.1, -0.05) is 0 Å². The maximum atomic E-state index is 5.79. The van der Waals surface area contributed by atoms with Crippen molar-refractivity contribution < 1.29 is 4.42 Å². The highest BCUT2D eigenvalue weighted by atomic mass is 16.3. The number of nitrogens with one attached hydrogen (secondary N) is 1. The lowest BCUT2D eigenvalue weighted by Crippen LogP contribution is -1.86. The highest BCUT2D eigenvalue weighted by Crippen LogP contribution is 2.31. The van der Waals surface area contributed by atoms with E-state index in [-0.39, 0.29) is 0 Å². The second-order valence-electron chi connectivity index (χ2n) is 3.82. The number of furan rings is 1. The van der Waals surface area contributed by atoms with Gasteiger partial charge in [0.05, 0.1) is 0 Å². The molecule has 0 radical (unpaired) electrons. The van der Waals surface area contributed by atoms with E-state index in [0.717, 1.165) is 33.3 Å². The number of fused-ring (bicyclic) bond motifs is 3. The summed E-state index contributed by atoms with van der Waals surface area (Å²) in [5.74, 6) is 0. The Labute approximate surface area is 92.8 Å². The van der Waals surface area contributed by atoms with Crippen LogP contribution in [0.15, 0.2) is 40.8 Å². The van der Waals surface area contributed by atoms with E-state index >= 15 is 0 Å². The van der Waals surface area contributed by atoms with Crippen molar-refractivity contribution in [3.63, 3.8) is 0 Å². The maximum Gasteiger partial charge on any atom is 0.135 e. The molecule has 3 nitrogen and oxygen atoms in total. The summed E-state index contributed by atoms with van der Waals surface area (Å²) in [6.07, 6.45) is 0. The maximum absolute atomic E-state index is 5.79. The number of hydrogen-bond acceptors (Lipinski definition) is 3. The van der Waals surface area contributed by atoms with Crippen molar-refractivity contribution in [3.05, 3.63) is 36.4 Å². The Morgan fingerprint density at radius 3 is 2.44 bits per heavy atom. The molecule has 3 aromatic rings. The molecule has 2 aromatic carbocycles. The van der Waals surface area contributed by atoms with Gasteiger partial charge in [0.1, 0.15) is 11.2 Å². The standard InChI is InChI=1S/C13H12N2O/c1-15-9-3-5-13-11(7-9)10-6-8(14)2-4-12(10)16-13/h2-7,15H,14H2,1H3. The van der Waals surface area contributed by atoms with Gasteiger partial charge in [0, 0.05) is 29.2 Å². The van der Waals surface area contributed by atoms with Gasteiger partial charge in [-0.2, -0.15) is 0 Å². The van der Waals surface area contributed by atoms with Crippen LogP contribution in [0.2, 0.25) is 0 Å². The van der Waals surface area contributed by atoms with E-state index in [2.05, 4.69) is 11.4 Å². The predicted molar refractivity (Wildman–Crippen MR) is 67.7 cm³/mol. The van der Waals surface area contributed by atoms with Crippen LogP contribution in [0.25, 0.3) is 21.9 Å². The molecular weight excluding hydrogens is 200 g/mol. The minimum absolute atomic E-state index is 0.755. The zero-order valence-electron chi connectivity index (χ0n) is 8.95. The molecule has 80 valence electrons. The van der Waals surface area contributed by atoms with E-state index in [9.17, 15) is 0 Å². The Morgan fingerprint density at radius 1 is 1.00 bits per heavy atom. The van der Waals surface area contributed by atoms with E-state index in [1.807, 2.05) is 37.4 Å². The highest BCUT2D eigenvalue weighted by Gasteiger charge is 2.07. The monoisotopic (exact) mass is 212 g/mol. The lowest BCUT2D eigenvalue weighted by Gasteiger charge is -1.98. The number of hydrogen-bond donors (Lipinski definition) is 2. The van der Waals surface area contributed by atoms with Gasteiger partial charge >= 0.3 is 0 Å². The first-order chi connectivity index (χ1) is 7.78. The van der Waals surface area contributed by atoms with Gasteiger partial charge in [-0.3, -0.25) is 0 Å². The molecule has 0 saturated heterocycles. The van der Waals surface area contributed by atoms with Crippen molar-refractivity contribution >= 4 is 33.3 Å². The number of rotatable bonds is 1. The van der Waals surface area contributed by atoms with Crippen LogP contribution in [0.3, 0.4) is 0 Å². The first-order valence-electron chi connectivity index (χ1n) is 5.17. The summed E-state index contributed by atoms with van der Waals surface area (Å²) in [6.45, 7) is 0. The van der Waals surface area contributed by atoms with Gasteiger partial charge in [-0.25, -0.2) is 0 Å². The molecule has 0 spiro atoms. The summed E-state index contributed by atoms with van der Waals surface area (Å²) < 4.78 is 5.72. The third-order valence-corrected chi connectivity index (χ3v) is 2.78. The molecule has 0 saturated carbocycles. The second-order valence-corrected chi connectivity index (χ2v) is 3.82. The van der Waals surface area contributed by atoms with Gasteiger partial charge in [0.2, 0.25) is 0 Å². The largest absolute Gasteiger partial charge is 0.456 e. The van der Waals surface area contributed by atoms with Crippen LogP contribution in [0.5, 0.6) is 0 Å². The minimum Gasteiger partial charge on any atom is -0.456 e. The minimum atomic E-state index is 0.755. The quantitative estimate of drug-likeness (QED) is 0.609. The van der Waals surface area contributed by atoms with Crippen LogP contribution in [-0.2, 0) is 0 Å². The number of benzene rings is 2. The second kappa shape index (κ2) is 3.17. The van der Waals surface area contributed by atoms with Crippen LogP contribution < -0.4 is 11.1 Å². The van der Waals surface area contributed by atoms with E-state index < -0.39 is 0 Å². The molecule has 1 aromatic heterocycles. The Bertz CT molecular complexity index is 670. The topological polar surface area (TPSA) is 51.2 Å². The Morgan fingerprint density at radius 2 is 1.69 bits per heavy atom. The van der Waals surface area contributed by atoms with Gasteiger partial charge in [0.25, 0.3) is 0 Å². The summed E-state index contributed by atoms with van der Waals surface area (Å²) in [5, 5.41) is 5.27. The third kappa shape index (κ3) is 1.21. The highest BCUT2D eigenvalue weighted by molar-refractivity contribution is 6.06. The van der Waals surface area contributed by atoms with Gasteiger partial charge in [-0.15, -0.1) is 0 Å². The lowest BCUT2D eigenvalue weighted by molar-refractivity contribution is 0.669. The molecule has 0 fully saturated rings. The van der Waals surface area contributed by atoms with E-state index in [4.69, 9.17) is 10.2 Å². The fourth-order valence-electron chi connectivity index (χ4n) is 1.95. The molecule has 16 heavy (non-hydrogen) atoms. The zero-order chi connectivity index (χ0) is 11.1. The summed E-state index contributed by atoms with van der Waals surface area (Å²) in [6, 6.07) is 11.7. The number of nitrogens with two attached hydrogens (primary N) is 1. The van der Waals surface area contributed by atoms with E-state index in [1.54, 1.807) is 0 Å². The Kier molecular flexibility index (Phi) is 1.80. The van der Waals surface area contributed by atoms with Gasteiger partial charge in [0.15, 0.2) is 0 Å². The van der Waals surface area contributed by atoms with Crippen molar-refractivity contribution in [2.24, 2.45) is 0 Å². The molecule has 3 N–H and O–H groups in total. The third-order valence-electron chi connectivity index (χ3n) is 2.78. The molecule has 3 heteroatoms. The predicted octanol–water partition coefficient (Wildman–Crippen LogP) is 3.21. The molecule has 0 aliphatic carbocycles. The number of nitrogen functional groups attached to an aromatic ring is 1. The fourth-order valence-corrected chi connectivity index (χ4v) is 1.95. The summed E-state index contributed by atoms with van der Waals surface area (Å²) in [4.78, 5) is 0. The van der Waals surface area contributed by atoms with Crippen molar-refractivity contribution in [1.29, 1.82) is 0 Å². The molecule has 0 unspecified atom stereocenters. The summed E-state index contributed by atoms with van der Waals surface area (Å²) >= 11 is 0. The Balaban J connectivity index is 2.44. The first kappa shape index (κ1) is 9.09. The van der Waals surface area contributed by atoms with Crippen molar-refractivity contribution in [2.45, 2.75) is 0 Å². The molecule has 0 bridgehead atoms. The van der Waals surface area contributed by atoms with Gasteiger partial charge < -0.3 is 15.5 Å². The first-order valence-corrected chi connectivity index (χ1v) is 5.17. The molecule has 0 atom stereocenters. The lowest BCUT2D eigenvalue weighted by atomic mass is 10.1. The van der Waals surface area contributed by atoms with Crippen molar-refractivity contribution in [2.75, 3.05) is 18.1 Å². The van der Waals surface area contributed by atoms with Crippen molar-refractivity contribution in [1.82, 2.24) is 0 Å². The average molecular weight is 212 g/mol. The SMILES string of the molecule is CNc1ccc2oc3ccc(N)cc3c2c1. The van der Waals surface area contributed by atoms with Gasteiger partial charge in [-0.05, 0) is 36.4 Å². The molecular formula is C13H12N2O. The smallest absolute Gasteiger partial charge is 0.135 e. The fraction of sp³-hybridized carbons (Fsp3) is 0.0769. The normalized spacial score (nSPS) is 11.1. The van der Waals surface area contributed by atoms with E-state index in [1.165, 1.54) is 0 Å². The van der Waals surface area contributed by atoms with Crippen LogP contribution >= 0.6 is 0 Å². The molecule has 0 aliphatic rings. The van der Waals surface area contributed by atoms with Crippen LogP contribution in [0.1, 0.15) is 0 Å². The van der Waals surface area contributed by atoms with Crippen LogP contribution in [0.4, 0.5) is 11.4 Å². The van der Waals surface area contributed by atoms with Crippen LogP contribution in [-0.4, -0.2) is 7.05 Å². The zero-order valence-corrected chi connectivity index (χ0v) is 8.95.